The van der Waals surface area contributed by atoms with E-state index < -0.39 is 23.4 Å². The van der Waals surface area contributed by atoms with E-state index in [0.29, 0.717) is 23.5 Å². The van der Waals surface area contributed by atoms with Gasteiger partial charge in [0.1, 0.15) is 0 Å². The number of hydrogen-bond acceptors (Lipinski definition) is 2. The molecule has 2 nitrogen and oxygen atoms in total. The van der Waals surface area contributed by atoms with Crippen LogP contribution in [0.5, 0.6) is 5.75 Å². The van der Waals surface area contributed by atoms with Gasteiger partial charge in [-0.1, -0.05) is 57.0 Å². The van der Waals surface area contributed by atoms with E-state index in [4.69, 9.17) is 4.74 Å². The average Bonchev–Trinajstić information content (AvgIpc) is 2.88. The van der Waals surface area contributed by atoms with Crippen LogP contribution in [-0.2, 0) is 6.42 Å². The van der Waals surface area contributed by atoms with Gasteiger partial charge in [0.05, 0.1) is 5.56 Å². The lowest BCUT2D eigenvalue weighted by Gasteiger charge is -2.29. The van der Waals surface area contributed by atoms with Gasteiger partial charge >= 0.3 is 5.97 Å². The lowest BCUT2D eigenvalue weighted by Crippen LogP contribution is -2.15. The summed E-state index contributed by atoms with van der Waals surface area (Å²) in [6, 6.07) is 13.8. The standard InChI is InChI=1S/C30H31F3O2/c1-3-5-20-6-9-21(10-7-20)24-15-16-25(29(33)28(24)32)22-11-13-23(14-12-22)30(34)35-27-17-8-19(4-2)18-26(27)31/h8,11-18,20-21H,3-7,9-10H2,1-2H3. The Morgan fingerprint density at radius 1 is 0.886 bits per heavy atom. The maximum absolute atomic E-state index is 15.0. The van der Waals surface area contributed by atoms with Crippen molar-refractivity contribution in [1.29, 1.82) is 0 Å². The molecule has 184 valence electrons. The van der Waals surface area contributed by atoms with Crippen LogP contribution in [-0.4, -0.2) is 5.97 Å². The van der Waals surface area contributed by atoms with Gasteiger partial charge in [0.2, 0.25) is 0 Å². The largest absolute Gasteiger partial charge is 0.420 e. The Kier molecular flexibility index (Phi) is 7.94. The van der Waals surface area contributed by atoms with Crippen molar-refractivity contribution in [1.82, 2.24) is 0 Å². The maximum atomic E-state index is 15.0. The Morgan fingerprint density at radius 2 is 1.60 bits per heavy atom. The molecule has 0 amide bonds. The quantitative estimate of drug-likeness (QED) is 0.250. The van der Waals surface area contributed by atoms with Gasteiger partial charge in [-0.25, -0.2) is 18.0 Å². The van der Waals surface area contributed by atoms with E-state index in [-0.39, 0.29) is 22.8 Å². The molecule has 0 aromatic heterocycles. The van der Waals surface area contributed by atoms with Gasteiger partial charge in [0.15, 0.2) is 23.2 Å². The van der Waals surface area contributed by atoms with E-state index in [2.05, 4.69) is 6.92 Å². The van der Waals surface area contributed by atoms with E-state index in [0.717, 1.165) is 37.7 Å². The maximum Gasteiger partial charge on any atom is 0.343 e. The fourth-order valence-corrected chi connectivity index (χ4v) is 5.06. The summed E-state index contributed by atoms with van der Waals surface area (Å²) in [4.78, 5) is 12.5. The lowest BCUT2D eigenvalue weighted by atomic mass is 9.77. The second kappa shape index (κ2) is 11.1. The van der Waals surface area contributed by atoms with Crippen LogP contribution in [0.1, 0.15) is 79.8 Å². The summed E-state index contributed by atoms with van der Waals surface area (Å²) in [6.07, 6.45) is 6.93. The smallest absolute Gasteiger partial charge is 0.343 e. The van der Waals surface area contributed by atoms with E-state index in [9.17, 15) is 9.18 Å². The Hall–Kier alpha value is -3.08. The van der Waals surface area contributed by atoms with E-state index >= 15 is 8.78 Å². The van der Waals surface area contributed by atoms with Gasteiger partial charge in [-0.15, -0.1) is 0 Å². The minimum absolute atomic E-state index is 0.0515. The topological polar surface area (TPSA) is 26.3 Å². The molecule has 0 aliphatic heterocycles. The molecule has 0 N–H and O–H groups in total. The number of ether oxygens (including phenoxy) is 1. The summed E-state index contributed by atoms with van der Waals surface area (Å²) >= 11 is 0. The van der Waals surface area contributed by atoms with Crippen LogP contribution in [0.3, 0.4) is 0 Å². The summed E-state index contributed by atoms with van der Waals surface area (Å²) in [7, 11) is 0. The first-order valence-corrected chi connectivity index (χ1v) is 12.5. The second-order valence-corrected chi connectivity index (χ2v) is 9.42. The van der Waals surface area contributed by atoms with Crippen molar-refractivity contribution in [3.05, 3.63) is 88.7 Å². The van der Waals surface area contributed by atoms with Crippen LogP contribution in [0, 0.1) is 23.4 Å². The Labute approximate surface area is 205 Å². The first-order valence-electron chi connectivity index (χ1n) is 12.5. The first-order chi connectivity index (χ1) is 16.9. The number of benzene rings is 3. The molecule has 3 aromatic carbocycles. The molecule has 0 spiro atoms. The fraction of sp³-hybridized carbons (Fsp3) is 0.367. The zero-order valence-corrected chi connectivity index (χ0v) is 20.3. The summed E-state index contributed by atoms with van der Waals surface area (Å²) in [5.41, 5.74) is 2.05. The average molecular weight is 481 g/mol. The van der Waals surface area contributed by atoms with Crippen LogP contribution in [0.15, 0.2) is 54.6 Å². The third kappa shape index (κ3) is 5.61. The highest BCUT2D eigenvalue weighted by atomic mass is 19.2. The normalized spacial score (nSPS) is 17.9. The molecule has 0 bridgehead atoms. The number of esters is 1. The van der Waals surface area contributed by atoms with Crippen LogP contribution >= 0.6 is 0 Å². The van der Waals surface area contributed by atoms with E-state index in [1.54, 1.807) is 30.3 Å². The highest BCUT2D eigenvalue weighted by Crippen LogP contribution is 2.40. The molecule has 1 saturated carbocycles. The van der Waals surface area contributed by atoms with Gasteiger partial charge in [0, 0.05) is 5.56 Å². The molecular formula is C30H31F3O2. The monoisotopic (exact) mass is 480 g/mol. The van der Waals surface area contributed by atoms with Crippen molar-refractivity contribution in [3.8, 4) is 16.9 Å². The molecule has 0 atom stereocenters. The summed E-state index contributed by atoms with van der Waals surface area (Å²) in [6.45, 7) is 4.09. The van der Waals surface area contributed by atoms with Gasteiger partial charge < -0.3 is 4.74 Å². The Morgan fingerprint density at radius 3 is 2.23 bits per heavy atom. The molecule has 1 aliphatic carbocycles. The number of aryl methyl sites for hydroxylation is 1. The van der Waals surface area contributed by atoms with Crippen LogP contribution in [0.2, 0.25) is 0 Å². The predicted molar refractivity (Wildman–Crippen MR) is 132 cm³/mol. The van der Waals surface area contributed by atoms with Crippen LogP contribution < -0.4 is 4.74 Å². The van der Waals surface area contributed by atoms with Crippen molar-refractivity contribution >= 4 is 5.97 Å². The molecule has 0 heterocycles. The minimum Gasteiger partial charge on any atom is -0.420 e. The minimum atomic E-state index is -0.869. The third-order valence-electron chi connectivity index (χ3n) is 7.13. The molecule has 1 fully saturated rings. The number of carbonyl (C=O) groups is 1. The molecule has 0 unspecified atom stereocenters. The number of halogens is 3. The molecule has 0 saturated heterocycles. The lowest BCUT2D eigenvalue weighted by molar-refractivity contribution is 0.0728. The van der Waals surface area contributed by atoms with Crippen molar-refractivity contribution in [2.75, 3.05) is 0 Å². The van der Waals surface area contributed by atoms with E-state index in [1.807, 2.05) is 6.92 Å². The van der Waals surface area contributed by atoms with Gasteiger partial charge in [0.25, 0.3) is 0 Å². The summed E-state index contributed by atoms with van der Waals surface area (Å²) in [5, 5.41) is 0. The fourth-order valence-electron chi connectivity index (χ4n) is 5.06. The Bertz CT molecular complexity index is 1180. The number of rotatable bonds is 7. The zero-order valence-electron chi connectivity index (χ0n) is 20.3. The summed E-state index contributed by atoms with van der Waals surface area (Å²) in [5.74, 6) is -2.38. The third-order valence-corrected chi connectivity index (χ3v) is 7.13. The molecule has 4 rings (SSSR count). The summed E-state index contributed by atoms with van der Waals surface area (Å²) < 4.78 is 49.4. The van der Waals surface area contributed by atoms with Crippen molar-refractivity contribution in [3.63, 3.8) is 0 Å². The molecule has 3 aromatic rings. The zero-order chi connectivity index (χ0) is 24.9. The molecule has 5 heteroatoms. The molecule has 1 aliphatic rings. The van der Waals surface area contributed by atoms with Gasteiger partial charge in [-0.2, -0.15) is 0 Å². The highest BCUT2D eigenvalue weighted by molar-refractivity contribution is 5.91. The predicted octanol–water partition coefficient (Wildman–Crippen LogP) is 8.63. The molecule has 0 radical (unpaired) electrons. The SMILES string of the molecule is CCCC1CCC(c2ccc(-c3ccc(C(=O)Oc4ccc(CC)cc4F)cc3)c(F)c2F)CC1. The van der Waals surface area contributed by atoms with Gasteiger partial charge in [-0.3, -0.25) is 0 Å². The van der Waals surface area contributed by atoms with Crippen LogP contribution in [0.25, 0.3) is 11.1 Å². The Balaban J connectivity index is 1.47. The molecule has 35 heavy (non-hydrogen) atoms. The van der Waals surface area contributed by atoms with Crippen molar-refractivity contribution in [2.45, 2.75) is 64.7 Å². The molecular weight excluding hydrogens is 449 g/mol. The van der Waals surface area contributed by atoms with E-state index in [1.165, 1.54) is 30.7 Å². The van der Waals surface area contributed by atoms with Crippen LogP contribution in [0.4, 0.5) is 13.2 Å². The van der Waals surface area contributed by atoms with Crippen molar-refractivity contribution in [2.24, 2.45) is 5.92 Å². The van der Waals surface area contributed by atoms with Crippen molar-refractivity contribution < 1.29 is 22.7 Å². The highest BCUT2D eigenvalue weighted by Gasteiger charge is 2.26. The number of hydrogen-bond donors (Lipinski definition) is 0. The second-order valence-electron chi connectivity index (χ2n) is 9.42. The number of carbonyl (C=O) groups excluding carboxylic acids is 1. The first kappa shape index (κ1) is 25.0. The van der Waals surface area contributed by atoms with Gasteiger partial charge in [-0.05, 0) is 84.9 Å².